The number of carbonyl (C=O) groups excluding carboxylic acids is 2. The molecule has 0 heterocycles. The fourth-order valence-corrected chi connectivity index (χ4v) is 1.97. The molecule has 2 N–H and O–H groups in total. The average Bonchev–Trinajstić information content (AvgIpc) is 2.64. The molecule has 8 heteroatoms. The van der Waals surface area contributed by atoms with Crippen LogP contribution in [0.25, 0.3) is 0 Å². The molecule has 0 saturated heterocycles. The number of methoxy groups -OCH3 is 1. The van der Waals surface area contributed by atoms with Crippen LogP contribution in [0.4, 0.5) is 14.9 Å². The molecule has 26 heavy (non-hydrogen) atoms. The van der Waals surface area contributed by atoms with Gasteiger partial charge in [0.25, 0.3) is 5.91 Å². The number of hydrogen-bond donors (Lipinski definition) is 2. The van der Waals surface area contributed by atoms with E-state index in [0.29, 0.717) is 17.2 Å². The van der Waals surface area contributed by atoms with Crippen LogP contribution in [0.2, 0.25) is 0 Å². The number of benzene rings is 2. The molecule has 2 amide bonds. The maximum absolute atomic E-state index is 13.0. The standard InChI is InChI=1S/C18H19FN2O5/c1-24-18(23)21-15-7-2-3-8-16(15)26-12-17(22)20-9-10-25-14-6-4-5-13(19)11-14/h2-8,11H,9-10,12H2,1H3,(H,20,22)(H,21,23). The van der Waals surface area contributed by atoms with Crippen LogP contribution in [0.3, 0.4) is 0 Å². The van der Waals surface area contributed by atoms with Crippen LogP contribution in [0, 0.1) is 5.82 Å². The van der Waals surface area contributed by atoms with Crippen LogP contribution >= 0.6 is 0 Å². The summed E-state index contributed by atoms with van der Waals surface area (Å²) >= 11 is 0. The number of nitrogens with one attached hydrogen (secondary N) is 2. The van der Waals surface area contributed by atoms with Gasteiger partial charge in [0.2, 0.25) is 0 Å². The average molecular weight is 362 g/mol. The number of ether oxygens (including phenoxy) is 3. The first-order valence-electron chi connectivity index (χ1n) is 7.80. The lowest BCUT2D eigenvalue weighted by molar-refractivity contribution is -0.123. The second kappa shape index (κ2) is 9.87. The van der Waals surface area contributed by atoms with Crippen molar-refractivity contribution in [3.8, 4) is 11.5 Å². The Bertz CT molecular complexity index is 754. The molecule has 0 fully saturated rings. The van der Waals surface area contributed by atoms with Gasteiger partial charge in [-0.2, -0.15) is 0 Å². The first-order valence-corrected chi connectivity index (χ1v) is 7.80. The van der Waals surface area contributed by atoms with E-state index in [-0.39, 0.29) is 31.5 Å². The summed E-state index contributed by atoms with van der Waals surface area (Å²) in [5.74, 6) is -0.0257. The Kier molecular flexibility index (Phi) is 7.23. The van der Waals surface area contributed by atoms with Gasteiger partial charge in [0.05, 0.1) is 19.3 Å². The van der Waals surface area contributed by atoms with Crippen LogP contribution in [0.15, 0.2) is 48.5 Å². The normalized spacial score (nSPS) is 9.92. The van der Waals surface area contributed by atoms with Crippen molar-refractivity contribution >= 4 is 17.7 Å². The Hall–Kier alpha value is -3.29. The molecule has 0 bridgehead atoms. The van der Waals surface area contributed by atoms with E-state index in [9.17, 15) is 14.0 Å². The number of anilines is 1. The summed E-state index contributed by atoms with van der Waals surface area (Å²) in [5.41, 5.74) is 0.390. The molecule has 2 aromatic carbocycles. The maximum atomic E-state index is 13.0. The van der Waals surface area contributed by atoms with Crippen molar-refractivity contribution in [1.82, 2.24) is 5.32 Å². The number of halogens is 1. The van der Waals surface area contributed by atoms with Crippen molar-refractivity contribution in [3.63, 3.8) is 0 Å². The number of para-hydroxylation sites is 2. The highest BCUT2D eigenvalue weighted by atomic mass is 19.1. The van der Waals surface area contributed by atoms with Gasteiger partial charge < -0.3 is 19.5 Å². The second-order valence-corrected chi connectivity index (χ2v) is 5.06. The minimum absolute atomic E-state index is 0.190. The molecular weight excluding hydrogens is 343 g/mol. The Balaban J connectivity index is 1.72. The molecule has 0 saturated carbocycles. The Morgan fingerprint density at radius 2 is 1.88 bits per heavy atom. The van der Waals surface area contributed by atoms with Crippen LogP contribution in [0.5, 0.6) is 11.5 Å². The summed E-state index contributed by atoms with van der Waals surface area (Å²) in [7, 11) is 1.25. The molecule has 0 aromatic heterocycles. The minimum atomic E-state index is -0.639. The number of amides is 2. The van der Waals surface area contributed by atoms with Gasteiger partial charge in [-0.05, 0) is 24.3 Å². The van der Waals surface area contributed by atoms with Crippen LogP contribution in [-0.2, 0) is 9.53 Å². The lowest BCUT2D eigenvalue weighted by Crippen LogP contribution is -2.32. The summed E-state index contributed by atoms with van der Waals surface area (Å²) in [5, 5.41) is 5.10. The van der Waals surface area contributed by atoms with Crippen molar-refractivity contribution in [2.24, 2.45) is 0 Å². The molecule has 0 aliphatic carbocycles. The fourth-order valence-electron chi connectivity index (χ4n) is 1.97. The molecule has 0 aliphatic heterocycles. The second-order valence-electron chi connectivity index (χ2n) is 5.06. The van der Waals surface area contributed by atoms with Crippen molar-refractivity contribution in [2.75, 3.05) is 32.2 Å². The summed E-state index contributed by atoms with van der Waals surface area (Å²) < 4.78 is 28.2. The van der Waals surface area contributed by atoms with E-state index in [2.05, 4.69) is 15.4 Å². The molecule has 0 unspecified atom stereocenters. The van der Waals surface area contributed by atoms with E-state index in [0.717, 1.165) is 0 Å². The third kappa shape index (κ3) is 6.31. The highest BCUT2D eigenvalue weighted by molar-refractivity contribution is 5.86. The van der Waals surface area contributed by atoms with Crippen LogP contribution in [0.1, 0.15) is 0 Å². The predicted octanol–water partition coefficient (Wildman–Crippen LogP) is 2.58. The molecule has 2 rings (SSSR count). The number of rotatable bonds is 8. The van der Waals surface area contributed by atoms with Crippen molar-refractivity contribution in [1.29, 1.82) is 0 Å². The first-order chi connectivity index (χ1) is 12.6. The SMILES string of the molecule is COC(=O)Nc1ccccc1OCC(=O)NCCOc1cccc(F)c1. The lowest BCUT2D eigenvalue weighted by atomic mass is 10.3. The van der Waals surface area contributed by atoms with Crippen LogP contribution in [-0.4, -0.2) is 38.9 Å². The van der Waals surface area contributed by atoms with E-state index in [1.54, 1.807) is 30.3 Å². The number of hydrogen-bond acceptors (Lipinski definition) is 5. The zero-order chi connectivity index (χ0) is 18.8. The smallest absolute Gasteiger partial charge is 0.411 e. The van der Waals surface area contributed by atoms with E-state index in [4.69, 9.17) is 9.47 Å². The quantitative estimate of drug-likeness (QED) is 0.705. The zero-order valence-electron chi connectivity index (χ0n) is 14.2. The molecule has 7 nitrogen and oxygen atoms in total. The summed E-state index contributed by atoms with van der Waals surface area (Å²) in [6.07, 6.45) is -0.639. The summed E-state index contributed by atoms with van der Waals surface area (Å²) in [4.78, 5) is 23.1. The van der Waals surface area contributed by atoms with Gasteiger partial charge in [0.1, 0.15) is 23.9 Å². The zero-order valence-corrected chi connectivity index (χ0v) is 14.2. The third-order valence-electron chi connectivity index (χ3n) is 3.16. The lowest BCUT2D eigenvalue weighted by Gasteiger charge is -2.12. The third-order valence-corrected chi connectivity index (χ3v) is 3.16. The van der Waals surface area contributed by atoms with Gasteiger partial charge in [-0.25, -0.2) is 9.18 Å². The van der Waals surface area contributed by atoms with E-state index >= 15 is 0 Å². The fraction of sp³-hybridized carbons (Fsp3) is 0.222. The van der Waals surface area contributed by atoms with Gasteiger partial charge >= 0.3 is 6.09 Å². The minimum Gasteiger partial charge on any atom is -0.492 e. The Labute approximate surface area is 150 Å². The van der Waals surface area contributed by atoms with Crippen molar-refractivity contribution < 1.29 is 28.2 Å². The molecule has 0 aliphatic rings. The van der Waals surface area contributed by atoms with E-state index in [1.807, 2.05) is 0 Å². The molecule has 0 atom stereocenters. The molecule has 138 valence electrons. The van der Waals surface area contributed by atoms with Gasteiger partial charge in [0.15, 0.2) is 6.61 Å². The Morgan fingerprint density at radius 3 is 2.65 bits per heavy atom. The predicted molar refractivity (Wildman–Crippen MR) is 92.9 cm³/mol. The summed E-state index contributed by atoms with van der Waals surface area (Å²) in [6.45, 7) is 0.191. The van der Waals surface area contributed by atoms with Crippen molar-refractivity contribution in [2.45, 2.75) is 0 Å². The van der Waals surface area contributed by atoms with E-state index < -0.39 is 6.09 Å². The molecule has 0 radical (unpaired) electrons. The highest BCUT2D eigenvalue weighted by Gasteiger charge is 2.09. The van der Waals surface area contributed by atoms with E-state index in [1.165, 1.54) is 25.3 Å². The Morgan fingerprint density at radius 1 is 1.08 bits per heavy atom. The highest BCUT2D eigenvalue weighted by Crippen LogP contribution is 2.23. The molecule has 2 aromatic rings. The van der Waals surface area contributed by atoms with Crippen molar-refractivity contribution in [3.05, 3.63) is 54.3 Å². The van der Waals surface area contributed by atoms with Gasteiger partial charge in [0, 0.05) is 6.07 Å². The van der Waals surface area contributed by atoms with Gasteiger partial charge in [-0.15, -0.1) is 0 Å². The first kappa shape index (κ1) is 19.0. The summed E-state index contributed by atoms with van der Waals surface area (Å²) in [6, 6.07) is 12.4. The largest absolute Gasteiger partial charge is 0.492 e. The monoisotopic (exact) mass is 362 g/mol. The molecular formula is C18H19FN2O5. The molecule has 0 spiro atoms. The number of carbonyl (C=O) groups is 2. The van der Waals surface area contributed by atoms with Gasteiger partial charge in [-0.3, -0.25) is 10.1 Å². The topological polar surface area (TPSA) is 85.9 Å². The van der Waals surface area contributed by atoms with Gasteiger partial charge in [-0.1, -0.05) is 18.2 Å². The van der Waals surface area contributed by atoms with Crippen LogP contribution < -0.4 is 20.1 Å². The maximum Gasteiger partial charge on any atom is 0.411 e.